The first-order valence-electron chi connectivity index (χ1n) is 6.28. The molecule has 2 aromatic rings. The number of nitrogens with zero attached hydrogens (tertiary/aromatic N) is 2. The lowest BCUT2D eigenvalue weighted by Gasteiger charge is -2.11. The predicted octanol–water partition coefficient (Wildman–Crippen LogP) is 4.42. The Morgan fingerprint density at radius 2 is 2.10 bits per heavy atom. The van der Waals surface area contributed by atoms with Crippen LogP contribution < -0.4 is 5.32 Å². The summed E-state index contributed by atoms with van der Waals surface area (Å²) in [7, 11) is 0. The third kappa shape index (κ3) is 4.88. The zero-order valence-corrected chi connectivity index (χ0v) is 14.7. The molecule has 0 aliphatic heterocycles. The number of thioether (sulfide) groups is 2. The quantitative estimate of drug-likeness (QED) is 0.773. The average molecular weight is 360 g/mol. The first-order chi connectivity index (χ1) is 10.1. The lowest BCUT2D eigenvalue weighted by Crippen LogP contribution is -2.22. The molecule has 1 amide bonds. The summed E-state index contributed by atoms with van der Waals surface area (Å²) in [6, 6.07) is 7.18. The van der Waals surface area contributed by atoms with E-state index in [2.05, 4.69) is 22.4 Å². The molecule has 8 heteroatoms. The monoisotopic (exact) mass is 359 g/mol. The van der Waals surface area contributed by atoms with Gasteiger partial charge in [0.05, 0.1) is 16.0 Å². The zero-order valence-electron chi connectivity index (χ0n) is 11.5. The van der Waals surface area contributed by atoms with Gasteiger partial charge >= 0.3 is 0 Å². The SMILES string of the molecule is CCSc1nnc(SC(C)C(=O)Nc2ccccc2Cl)s1. The van der Waals surface area contributed by atoms with Crippen LogP contribution >= 0.6 is 46.5 Å². The van der Waals surface area contributed by atoms with Crippen molar-refractivity contribution in [2.24, 2.45) is 0 Å². The maximum atomic E-state index is 12.2. The van der Waals surface area contributed by atoms with Gasteiger partial charge in [-0.2, -0.15) is 0 Å². The topological polar surface area (TPSA) is 54.9 Å². The number of hydrogen-bond acceptors (Lipinski definition) is 6. The molecule has 1 heterocycles. The summed E-state index contributed by atoms with van der Waals surface area (Å²) >= 11 is 10.6. The maximum Gasteiger partial charge on any atom is 0.237 e. The van der Waals surface area contributed by atoms with Crippen molar-refractivity contribution in [3.05, 3.63) is 29.3 Å². The summed E-state index contributed by atoms with van der Waals surface area (Å²) in [6.45, 7) is 3.91. The van der Waals surface area contributed by atoms with Crippen LogP contribution in [0.3, 0.4) is 0 Å². The third-order valence-electron chi connectivity index (χ3n) is 2.43. The molecule has 0 radical (unpaired) electrons. The Labute approximate surface area is 141 Å². The Morgan fingerprint density at radius 3 is 2.81 bits per heavy atom. The van der Waals surface area contributed by atoms with E-state index in [4.69, 9.17) is 11.6 Å². The van der Waals surface area contributed by atoms with Crippen LogP contribution in [0.4, 0.5) is 5.69 Å². The second-order valence-corrected chi connectivity index (χ2v) is 8.48. The van der Waals surface area contributed by atoms with Crippen LogP contribution in [-0.2, 0) is 4.79 Å². The van der Waals surface area contributed by atoms with Gasteiger partial charge in [-0.1, -0.05) is 65.5 Å². The van der Waals surface area contributed by atoms with Gasteiger partial charge in [0, 0.05) is 0 Å². The highest BCUT2D eigenvalue weighted by atomic mass is 35.5. The number of rotatable bonds is 6. The van der Waals surface area contributed by atoms with Crippen LogP contribution in [0.5, 0.6) is 0 Å². The number of para-hydroxylation sites is 1. The second-order valence-electron chi connectivity index (χ2n) is 4.00. The molecule has 1 unspecified atom stereocenters. The molecule has 0 saturated carbocycles. The molecule has 0 fully saturated rings. The molecule has 4 nitrogen and oxygen atoms in total. The highest BCUT2D eigenvalue weighted by Gasteiger charge is 2.18. The normalized spacial score (nSPS) is 12.1. The number of aromatic nitrogens is 2. The number of anilines is 1. The van der Waals surface area contributed by atoms with Gasteiger partial charge in [0.1, 0.15) is 0 Å². The lowest BCUT2D eigenvalue weighted by atomic mass is 10.3. The Balaban J connectivity index is 1.94. The minimum Gasteiger partial charge on any atom is -0.324 e. The van der Waals surface area contributed by atoms with E-state index in [1.165, 1.54) is 23.1 Å². The van der Waals surface area contributed by atoms with Gasteiger partial charge < -0.3 is 5.32 Å². The van der Waals surface area contributed by atoms with E-state index in [0.29, 0.717) is 10.7 Å². The summed E-state index contributed by atoms with van der Waals surface area (Å²) in [4.78, 5) is 12.2. The first kappa shape index (κ1) is 16.6. The van der Waals surface area contributed by atoms with E-state index < -0.39 is 0 Å². The van der Waals surface area contributed by atoms with Gasteiger partial charge in [-0.25, -0.2) is 0 Å². The minimum absolute atomic E-state index is 0.104. The molecule has 1 N–H and O–H groups in total. The zero-order chi connectivity index (χ0) is 15.2. The highest BCUT2D eigenvalue weighted by Crippen LogP contribution is 2.31. The van der Waals surface area contributed by atoms with Crippen LogP contribution in [0.15, 0.2) is 32.9 Å². The summed E-state index contributed by atoms with van der Waals surface area (Å²) in [5.74, 6) is 0.856. The van der Waals surface area contributed by atoms with Crippen molar-refractivity contribution in [2.75, 3.05) is 11.1 Å². The molecule has 0 bridgehead atoms. The molecule has 0 spiro atoms. The number of carbonyl (C=O) groups excluding carboxylic acids is 1. The fraction of sp³-hybridized carbons (Fsp3) is 0.308. The van der Waals surface area contributed by atoms with Gasteiger partial charge in [-0.05, 0) is 24.8 Å². The number of amides is 1. The van der Waals surface area contributed by atoms with E-state index in [1.807, 2.05) is 19.1 Å². The number of carbonyl (C=O) groups is 1. The Kier molecular flexibility index (Phi) is 6.35. The Morgan fingerprint density at radius 1 is 1.38 bits per heavy atom. The van der Waals surface area contributed by atoms with Crippen molar-refractivity contribution >= 4 is 58.1 Å². The van der Waals surface area contributed by atoms with Crippen molar-refractivity contribution in [1.29, 1.82) is 0 Å². The molecular weight excluding hydrogens is 346 g/mol. The van der Waals surface area contributed by atoms with Crippen LogP contribution in [0.1, 0.15) is 13.8 Å². The Hall–Kier alpha value is -0.760. The predicted molar refractivity (Wildman–Crippen MR) is 91.7 cm³/mol. The third-order valence-corrected chi connectivity index (χ3v) is 5.89. The van der Waals surface area contributed by atoms with E-state index in [-0.39, 0.29) is 11.2 Å². The minimum atomic E-state index is -0.270. The molecule has 112 valence electrons. The van der Waals surface area contributed by atoms with Gasteiger partial charge in [0.15, 0.2) is 8.68 Å². The smallest absolute Gasteiger partial charge is 0.237 e. The fourth-order valence-electron chi connectivity index (χ4n) is 1.43. The van der Waals surface area contributed by atoms with E-state index in [0.717, 1.165) is 14.4 Å². The van der Waals surface area contributed by atoms with Crippen molar-refractivity contribution in [1.82, 2.24) is 10.2 Å². The van der Waals surface area contributed by atoms with Crippen molar-refractivity contribution in [2.45, 2.75) is 27.8 Å². The maximum absolute atomic E-state index is 12.2. The lowest BCUT2D eigenvalue weighted by molar-refractivity contribution is -0.115. The summed E-state index contributed by atoms with van der Waals surface area (Å²) in [6.07, 6.45) is 0. The number of hydrogen-bond donors (Lipinski definition) is 1. The van der Waals surface area contributed by atoms with E-state index in [9.17, 15) is 4.79 Å². The Bertz CT molecular complexity index is 620. The number of nitrogens with one attached hydrogen (secondary N) is 1. The second kappa shape index (κ2) is 8.03. The van der Waals surface area contributed by atoms with E-state index >= 15 is 0 Å². The van der Waals surface area contributed by atoms with Gasteiger partial charge in [0.2, 0.25) is 5.91 Å². The molecule has 0 aliphatic rings. The molecule has 2 rings (SSSR count). The standard InChI is InChI=1S/C13H14ClN3OS3/c1-3-19-12-16-17-13(21-12)20-8(2)11(18)15-10-7-5-4-6-9(10)14/h4-8H,3H2,1-2H3,(H,15,18). The van der Waals surface area contributed by atoms with Gasteiger partial charge in [0.25, 0.3) is 0 Å². The van der Waals surface area contributed by atoms with Gasteiger partial charge in [-0.15, -0.1) is 10.2 Å². The molecular formula is C13H14ClN3OS3. The molecule has 0 aliphatic carbocycles. The molecule has 1 aromatic heterocycles. The van der Waals surface area contributed by atoms with Crippen molar-refractivity contribution in [3.63, 3.8) is 0 Å². The van der Waals surface area contributed by atoms with Crippen molar-refractivity contribution in [3.8, 4) is 0 Å². The fourth-order valence-corrected chi connectivity index (χ4v) is 4.67. The van der Waals surface area contributed by atoms with Crippen LogP contribution in [0, 0.1) is 0 Å². The number of benzene rings is 1. The summed E-state index contributed by atoms with van der Waals surface area (Å²) < 4.78 is 1.73. The molecule has 1 aromatic carbocycles. The highest BCUT2D eigenvalue weighted by molar-refractivity contribution is 8.03. The average Bonchev–Trinajstić information content (AvgIpc) is 2.89. The van der Waals surface area contributed by atoms with E-state index in [1.54, 1.807) is 23.9 Å². The largest absolute Gasteiger partial charge is 0.324 e. The number of halogens is 1. The summed E-state index contributed by atoms with van der Waals surface area (Å²) in [5.41, 5.74) is 0.621. The first-order valence-corrected chi connectivity index (χ1v) is 9.34. The molecule has 0 saturated heterocycles. The van der Waals surface area contributed by atoms with Crippen LogP contribution in [0.25, 0.3) is 0 Å². The van der Waals surface area contributed by atoms with Gasteiger partial charge in [-0.3, -0.25) is 4.79 Å². The van der Waals surface area contributed by atoms with Crippen LogP contribution in [0.2, 0.25) is 5.02 Å². The summed E-state index contributed by atoms with van der Waals surface area (Å²) in [5, 5.41) is 11.2. The molecule has 1 atom stereocenters. The van der Waals surface area contributed by atoms with Crippen molar-refractivity contribution < 1.29 is 4.79 Å². The molecule has 21 heavy (non-hydrogen) atoms. The van der Waals surface area contributed by atoms with Crippen LogP contribution in [-0.4, -0.2) is 27.1 Å².